The molecule has 3 amide bonds. The molecule has 2 heterocycles. The molecule has 0 aromatic heterocycles. The first-order valence-corrected chi connectivity index (χ1v) is 19.8. The minimum Gasteiger partial charge on any atom is -0.399 e. The van der Waals surface area contributed by atoms with Gasteiger partial charge in [0.25, 0.3) is 5.91 Å². The van der Waals surface area contributed by atoms with Crippen molar-refractivity contribution in [2.45, 2.75) is 43.4 Å². The number of piperidine rings is 1. The summed E-state index contributed by atoms with van der Waals surface area (Å²) in [7, 11) is 3.18. The number of amides is 3. The Hall–Kier alpha value is -2.99. The predicted octanol–water partition coefficient (Wildman–Crippen LogP) is 8.60. The maximum absolute atomic E-state index is 13.5. The number of hydrogen-bond donors (Lipinski definition) is 0. The number of thioether (sulfide) groups is 1. The molecule has 0 aliphatic carbocycles. The quantitative estimate of drug-likeness (QED) is 0.120. The first-order valence-electron chi connectivity index (χ1n) is 17.3. The number of carbonyl (C=O) groups is 3. The van der Waals surface area contributed by atoms with Crippen LogP contribution >= 0.6 is 58.2 Å². The van der Waals surface area contributed by atoms with Crippen molar-refractivity contribution in [2.24, 2.45) is 5.16 Å². The van der Waals surface area contributed by atoms with Crippen molar-refractivity contribution in [3.05, 3.63) is 104 Å². The average Bonchev–Trinajstić information content (AvgIpc) is 3.13. The van der Waals surface area contributed by atoms with E-state index in [9.17, 15) is 14.4 Å². The van der Waals surface area contributed by atoms with Crippen molar-refractivity contribution >= 4 is 80.9 Å². The number of likely N-dealkylation sites (tertiary alicyclic amines) is 1. The Morgan fingerprint density at radius 3 is 2.33 bits per heavy atom. The van der Waals surface area contributed by atoms with Gasteiger partial charge >= 0.3 is 6.03 Å². The highest BCUT2D eigenvalue weighted by Gasteiger charge is 2.34. The van der Waals surface area contributed by atoms with E-state index in [-0.39, 0.29) is 42.1 Å². The SMILES string of the molecule is CO/N=C(\CN(C)C(=O)c1cc(Cl)cc(Cl)c1)C(CCN1CCC(N2CCCN(CC(=O)SCc3ccccc3)C2=O)CC1)c1ccc(Cl)c(Cl)c1. The number of benzene rings is 3. The number of halogens is 4. The molecular formula is C38H43Cl4N5O4S. The van der Waals surface area contributed by atoms with Crippen LogP contribution in [0.1, 0.15) is 53.1 Å². The molecule has 9 nitrogen and oxygen atoms in total. The third kappa shape index (κ3) is 11.0. The van der Waals surface area contributed by atoms with Crippen LogP contribution in [0.25, 0.3) is 0 Å². The van der Waals surface area contributed by atoms with Crippen LogP contribution in [-0.4, -0.2) is 108 Å². The molecule has 2 saturated heterocycles. The summed E-state index contributed by atoms with van der Waals surface area (Å²) in [5.74, 6) is 0.103. The van der Waals surface area contributed by atoms with Gasteiger partial charge in [-0.1, -0.05) is 99.7 Å². The minimum atomic E-state index is -0.260. The van der Waals surface area contributed by atoms with E-state index in [1.165, 1.54) is 18.9 Å². The van der Waals surface area contributed by atoms with Crippen LogP contribution in [0.15, 0.2) is 71.9 Å². The number of rotatable bonds is 14. The molecule has 5 rings (SSSR count). The predicted molar refractivity (Wildman–Crippen MR) is 212 cm³/mol. The summed E-state index contributed by atoms with van der Waals surface area (Å²) < 4.78 is 0. The van der Waals surface area contributed by atoms with Gasteiger partial charge in [0, 0.05) is 66.5 Å². The van der Waals surface area contributed by atoms with Crippen molar-refractivity contribution < 1.29 is 19.2 Å². The maximum atomic E-state index is 13.5. The maximum Gasteiger partial charge on any atom is 0.320 e. The molecule has 0 spiro atoms. The van der Waals surface area contributed by atoms with E-state index in [0.29, 0.717) is 56.6 Å². The Morgan fingerprint density at radius 1 is 0.942 bits per heavy atom. The fraction of sp³-hybridized carbons (Fsp3) is 0.421. The second kappa shape index (κ2) is 19.4. The number of carbonyl (C=O) groups excluding carboxylic acids is 3. The van der Waals surface area contributed by atoms with Crippen molar-refractivity contribution in [3.8, 4) is 0 Å². The van der Waals surface area contributed by atoms with Crippen molar-refractivity contribution in [3.63, 3.8) is 0 Å². The van der Waals surface area contributed by atoms with E-state index in [1.54, 1.807) is 41.1 Å². The molecule has 0 radical (unpaired) electrons. The summed E-state index contributed by atoms with van der Waals surface area (Å²) in [5.41, 5.74) is 3.01. The van der Waals surface area contributed by atoms with Gasteiger partial charge in [-0.15, -0.1) is 0 Å². The molecule has 0 N–H and O–H groups in total. The third-order valence-corrected chi connectivity index (χ3v) is 11.6. The van der Waals surface area contributed by atoms with E-state index < -0.39 is 0 Å². The highest BCUT2D eigenvalue weighted by atomic mass is 35.5. The Bertz CT molecular complexity index is 1720. The fourth-order valence-corrected chi connectivity index (χ4v) is 8.38. The van der Waals surface area contributed by atoms with Crippen molar-refractivity contribution in [1.29, 1.82) is 0 Å². The van der Waals surface area contributed by atoms with E-state index in [4.69, 9.17) is 51.2 Å². The molecule has 52 heavy (non-hydrogen) atoms. The molecule has 3 aromatic rings. The van der Waals surface area contributed by atoms with E-state index in [1.807, 2.05) is 47.4 Å². The zero-order valence-electron chi connectivity index (χ0n) is 29.3. The molecule has 2 aliphatic rings. The van der Waals surface area contributed by atoms with E-state index >= 15 is 0 Å². The van der Waals surface area contributed by atoms with E-state index in [2.05, 4.69) is 10.1 Å². The lowest BCUT2D eigenvalue weighted by molar-refractivity contribution is -0.111. The van der Waals surface area contributed by atoms with Crippen molar-refractivity contribution in [2.75, 3.05) is 60.0 Å². The molecule has 0 bridgehead atoms. The van der Waals surface area contributed by atoms with Crippen molar-refractivity contribution in [1.82, 2.24) is 19.6 Å². The van der Waals surface area contributed by atoms with Gasteiger partial charge in [-0.25, -0.2) is 4.79 Å². The molecule has 278 valence electrons. The van der Waals surface area contributed by atoms with Gasteiger partial charge < -0.3 is 24.4 Å². The van der Waals surface area contributed by atoms with Gasteiger partial charge in [-0.05, 0) is 73.7 Å². The molecule has 2 fully saturated rings. The lowest BCUT2D eigenvalue weighted by Crippen LogP contribution is -2.56. The number of oxime groups is 1. The van der Waals surface area contributed by atoms with Crippen LogP contribution in [-0.2, 0) is 15.4 Å². The Balaban J connectivity index is 1.19. The Labute approximate surface area is 330 Å². The zero-order valence-corrected chi connectivity index (χ0v) is 33.1. The Kier molecular flexibility index (Phi) is 15.0. The first kappa shape index (κ1) is 40.2. The molecular weight excluding hydrogens is 764 g/mol. The molecule has 1 unspecified atom stereocenters. The monoisotopic (exact) mass is 805 g/mol. The molecule has 14 heteroatoms. The van der Waals surface area contributed by atoms with Crippen LogP contribution in [0.3, 0.4) is 0 Å². The summed E-state index contributed by atoms with van der Waals surface area (Å²) in [5, 5.41) is 6.03. The number of nitrogens with zero attached hydrogens (tertiary/aromatic N) is 5. The van der Waals surface area contributed by atoms with Gasteiger partial charge in [-0.2, -0.15) is 0 Å². The second-order valence-corrected chi connectivity index (χ2v) is 15.8. The Morgan fingerprint density at radius 2 is 1.65 bits per heavy atom. The van der Waals surface area contributed by atoms with Crippen LogP contribution in [0.2, 0.25) is 20.1 Å². The summed E-state index contributed by atoms with van der Waals surface area (Å²) in [6, 6.07) is 20.2. The smallest absolute Gasteiger partial charge is 0.320 e. The molecule has 1 atom stereocenters. The zero-order chi connectivity index (χ0) is 37.2. The lowest BCUT2D eigenvalue weighted by Gasteiger charge is -2.43. The van der Waals surface area contributed by atoms with Crippen LogP contribution in [0, 0.1) is 0 Å². The minimum absolute atomic E-state index is 0.00574. The largest absolute Gasteiger partial charge is 0.399 e. The van der Waals surface area contributed by atoms with Crippen LogP contribution < -0.4 is 0 Å². The summed E-state index contributed by atoms with van der Waals surface area (Å²) >= 11 is 26.4. The van der Waals surface area contributed by atoms with Gasteiger partial charge in [-0.3, -0.25) is 9.59 Å². The lowest BCUT2D eigenvalue weighted by atomic mass is 9.89. The summed E-state index contributed by atoms with van der Waals surface area (Å²) in [4.78, 5) is 52.6. The fourth-order valence-electron chi connectivity index (χ4n) is 6.78. The van der Waals surface area contributed by atoms with E-state index in [0.717, 1.165) is 50.0 Å². The molecule has 0 saturated carbocycles. The highest BCUT2D eigenvalue weighted by Crippen LogP contribution is 2.31. The van der Waals surface area contributed by atoms with Gasteiger partial charge in [0.1, 0.15) is 7.11 Å². The van der Waals surface area contributed by atoms with Gasteiger partial charge in [0.05, 0.1) is 28.8 Å². The average molecular weight is 808 g/mol. The first-order chi connectivity index (χ1) is 25.0. The molecule has 2 aliphatic heterocycles. The summed E-state index contributed by atoms with van der Waals surface area (Å²) in [6.07, 6.45) is 3.20. The van der Waals surface area contributed by atoms with Crippen LogP contribution in [0.5, 0.6) is 0 Å². The van der Waals surface area contributed by atoms with Gasteiger partial charge in [0.15, 0.2) is 0 Å². The summed E-state index contributed by atoms with van der Waals surface area (Å²) in [6.45, 7) is 3.99. The standard InChI is InChI=1S/C38H43Cl4N5O4S/c1-44(37(49)28-19-29(39)22-30(40)20-28)23-35(43-51-2)32(27-9-10-33(41)34(42)21-27)13-18-45-16-11-31(12-17-45)47-15-6-14-46(38(47)50)24-36(48)52-25-26-7-4-3-5-8-26/h3-5,7-10,19-22,31-32H,6,11-18,23-25H2,1-2H3/b43-35+. The number of hydrogen-bond acceptors (Lipinski definition) is 7. The van der Waals surface area contributed by atoms with Crippen LogP contribution in [0.4, 0.5) is 4.79 Å². The van der Waals surface area contributed by atoms with Gasteiger partial charge in [0.2, 0.25) is 5.12 Å². The second-order valence-electron chi connectivity index (χ2n) is 13.1. The number of urea groups is 1. The highest BCUT2D eigenvalue weighted by molar-refractivity contribution is 8.13. The topological polar surface area (TPSA) is 85.8 Å². The normalized spacial score (nSPS) is 16.6. The third-order valence-electron chi connectivity index (χ3n) is 9.45. The molecule has 3 aromatic carbocycles.